The van der Waals surface area contributed by atoms with Crippen LogP contribution in [0.2, 0.25) is 0 Å². The minimum atomic E-state index is -0.692. The van der Waals surface area contributed by atoms with Crippen LogP contribution in [-0.2, 0) is 16.1 Å². The van der Waals surface area contributed by atoms with Gasteiger partial charge in [-0.3, -0.25) is 14.5 Å². The number of ketones is 1. The van der Waals surface area contributed by atoms with E-state index in [0.29, 0.717) is 12.8 Å². The topological polar surface area (TPSA) is 77.8 Å². The zero-order chi connectivity index (χ0) is 13.1. The van der Waals surface area contributed by atoms with Crippen LogP contribution >= 0.6 is 0 Å². The second kappa shape index (κ2) is 5.39. The molecule has 1 atom stereocenters. The number of hydrogen-bond donors (Lipinski definition) is 2. The summed E-state index contributed by atoms with van der Waals surface area (Å²) >= 11 is 0. The number of aliphatic hydroxyl groups is 2. The molecule has 96 valence electrons. The van der Waals surface area contributed by atoms with Crippen LogP contribution in [0, 0.1) is 0 Å². The summed E-state index contributed by atoms with van der Waals surface area (Å²) in [4.78, 5) is 24.2. The molecule has 1 heterocycles. The van der Waals surface area contributed by atoms with E-state index in [2.05, 4.69) is 0 Å². The van der Waals surface area contributed by atoms with E-state index in [1.807, 2.05) is 12.1 Å². The quantitative estimate of drug-likeness (QED) is 0.551. The fraction of sp³-hybridized carbons (Fsp3) is 0.385. The molecule has 0 bridgehead atoms. The van der Waals surface area contributed by atoms with E-state index in [-0.39, 0.29) is 13.2 Å². The first-order chi connectivity index (χ1) is 8.72. The predicted molar refractivity (Wildman–Crippen MR) is 63.8 cm³/mol. The molecule has 0 amide bonds. The second-order valence-corrected chi connectivity index (χ2v) is 4.31. The van der Waals surface area contributed by atoms with Gasteiger partial charge in [-0.2, -0.15) is 0 Å². The van der Waals surface area contributed by atoms with Crippen molar-refractivity contribution in [2.75, 3.05) is 13.2 Å². The van der Waals surface area contributed by atoms with Crippen molar-refractivity contribution in [3.8, 4) is 0 Å². The van der Waals surface area contributed by atoms with Gasteiger partial charge in [0.2, 0.25) is 5.78 Å². The lowest BCUT2D eigenvalue weighted by atomic mass is 10.0. The monoisotopic (exact) mass is 249 g/mol. The first-order valence-electron chi connectivity index (χ1n) is 5.77. The van der Waals surface area contributed by atoms with E-state index in [4.69, 9.17) is 0 Å². The lowest BCUT2D eigenvalue weighted by Gasteiger charge is -2.29. The Bertz CT molecular complexity index is 456. The van der Waals surface area contributed by atoms with Crippen molar-refractivity contribution in [1.82, 2.24) is 4.90 Å². The Morgan fingerprint density at radius 2 is 2.06 bits per heavy atom. The summed E-state index contributed by atoms with van der Waals surface area (Å²) in [5, 5.41) is 18.5. The first kappa shape index (κ1) is 12.9. The summed E-state index contributed by atoms with van der Waals surface area (Å²) in [6, 6.07) is 6.12. The van der Waals surface area contributed by atoms with Crippen molar-refractivity contribution >= 4 is 12.1 Å². The highest BCUT2D eigenvalue weighted by molar-refractivity contribution is 6.27. The van der Waals surface area contributed by atoms with Crippen molar-refractivity contribution in [1.29, 1.82) is 0 Å². The number of Topliss-reactive ketones (excluding diaryl/α,β-unsaturated/α-hetero) is 1. The minimum absolute atomic E-state index is 0.257. The number of aldehydes is 1. The Kier molecular flexibility index (Phi) is 3.86. The van der Waals surface area contributed by atoms with E-state index in [0.717, 1.165) is 11.1 Å². The molecule has 0 aliphatic carbocycles. The first-order valence-corrected chi connectivity index (χ1v) is 5.77. The van der Waals surface area contributed by atoms with Crippen LogP contribution in [0.5, 0.6) is 0 Å². The maximum absolute atomic E-state index is 11.8. The van der Waals surface area contributed by atoms with Crippen LogP contribution < -0.4 is 0 Å². The molecule has 0 radical (unpaired) electrons. The van der Waals surface area contributed by atoms with E-state index < -0.39 is 17.9 Å². The molecule has 1 aliphatic heterocycles. The fourth-order valence-electron chi connectivity index (χ4n) is 2.40. The number of aliphatic hydroxyl groups excluding tert-OH is 2. The van der Waals surface area contributed by atoms with Gasteiger partial charge < -0.3 is 10.2 Å². The molecule has 1 aliphatic rings. The van der Waals surface area contributed by atoms with Gasteiger partial charge in [-0.1, -0.05) is 24.3 Å². The number of fused-ring (bicyclic) bond motifs is 1. The molecule has 5 nitrogen and oxygen atoms in total. The van der Waals surface area contributed by atoms with Crippen molar-refractivity contribution in [2.24, 2.45) is 0 Å². The Balaban J connectivity index is 2.39. The number of rotatable bonds is 5. The van der Waals surface area contributed by atoms with Crippen LogP contribution in [0.3, 0.4) is 0 Å². The number of carbonyl (C=O) groups is 2. The van der Waals surface area contributed by atoms with Gasteiger partial charge in [-0.15, -0.1) is 0 Å². The second-order valence-electron chi connectivity index (χ2n) is 4.31. The van der Waals surface area contributed by atoms with Gasteiger partial charge in [0.05, 0.1) is 19.3 Å². The molecule has 0 saturated carbocycles. The molecule has 0 spiro atoms. The molecule has 1 aromatic rings. The average Bonchev–Trinajstić information content (AvgIpc) is 2.78. The Morgan fingerprint density at radius 3 is 2.67 bits per heavy atom. The fourth-order valence-corrected chi connectivity index (χ4v) is 2.40. The van der Waals surface area contributed by atoms with Crippen LogP contribution in [0.4, 0.5) is 0 Å². The molecule has 2 N–H and O–H groups in total. The number of carbonyl (C=O) groups excluding carboxylic acids is 2. The SMILES string of the molecule is O=CC(=O)C1c2ccccc2CN1C(CO)CO. The average molecular weight is 249 g/mol. The highest BCUT2D eigenvalue weighted by Crippen LogP contribution is 2.35. The van der Waals surface area contributed by atoms with Crippen molar-refractivity contribution in [3.05, 3.63) is 35.4 Å². The van der Waals surface area contributed by atoms with E-state index in [1.54, 1.807) is 17.0 Å². The summed E-state index contributed by atoms with van der Waals surface area (Å²) in [5.74, 6) is -0.549. The van der Waals surface area contributed by atoms with Crippen LogP contribution in [0.1, 0.15) is 17.2 Å². The highest BCUT2D eigenvalue weighted by atomic mass is 16.3. The van der Waals surface area contributed by atoms with E-state index in [9.17, 15) is 19.8 Å². The number of hydrogen-bond acceptors (Lipinski definition) is 5. The summed E-state index contributed by atoms with van der Waals surface area (Å²) in [6.07, 6.45) is 0.297. The van der Waals surface area contributed by atoms with Crippen molar-refractivity contribution < 1.29 is 19.8 Å². The van der Waals surface area contributed by atoms with Crippen LogP contribution in [0.15, 0.2) is 24.3 Å². The van der Waals surface area contributed by atoms with Crippen molar-refractivity contribution in [2.45, 2.75) is 18.6 Å². The van der Waals surface area contributed by atoms with Gasteiger partial charge in [-0.25, -0.2) is 0 Å². The van der Waals surface area contributed by atoms with E-state index >= 15 is 0 Å². The molecule has 0 saturated heterocycles. The third-order valence-electron chi connectivity index (χ3n) is 3.31. The van der Waals surface area contributed by atoms with Gasteiger partial charge in [0.1, 0.15) is 6.04 Å². The molecular formula is C13H15NO4. The highest BCUT2D eigenvalue weighted by Gasteiger charge is 2.38. The van der Waals surface area contributed by atoms with E-state index in [1.165, 1.54) is 0 Å². The Hall–Kier alpha value is -1.56. The molecule has 1 aromatic carbocycles. The summed E-state index contributed by atoms with van der Waals surface area (Å²) < 4.78 is 0. The lowest BCUT2D eigenvalue weighted by Crippen LogP contribution is -2.42. The summed E-state index contributed by atoms with van der Waals surface area (Å²) in [7, 11) is 0. The predicted octanol–water partition coefficient (Wildman–Crippen LogP) is -0.336. The standard InChI is InChI=1S/C13H15NO4/c15-6-10(7-16)14-5-9-3-1-2-4-11(9)13(14)12(18)8-17/h1-4,8,10,13,15-16H,5-7H2. The summed E-state index contributed by atoms with van der Waals surface area (Å²) in [5.41, 5.74) is 1.73. The largest absolute Gasteiger partial charge is 0.395 e. The smallest absolute Gasteiger partial charge is 0.216 e. The lowest BCUT2D eigenvalue weighted by molar-refractivity contribution is -0.134. The van der Waals surface area contributed by atoms with Gasteiger partial charge >= 0.3 is 0 Å². The molecular weight excluding hydrogens is 234 g/mol. The third-order valence-corrected chi connectivity index (χ3v) is 3.31. The number of nitrogens with zero attached hydrogens (tertiary/aromatic N) is 1. The maximum Gasteiger partial charge on any atom is 0.216 e. The van der Waals surface area contributed by atoms with Gasteiger partial charge in [0, 0.05) is 6.54 Å². The van der Waals surface area contributed by atoms with Crippen LogP contribution in [0.25, 0.3) is 0 Å². The van der Waals surface area contributed by atoms with Crippen LogP contribution in [-0.4, -0.2) is 46.4 Å². The normalized spacial score (nSPS) is 18.9. The maximum atomic E-state index is 11.8. The summed E-state index contributed by atoms with van der Waals surface area (Å²) in [6.45, 7) is -0.0630. The zero-order valence-corrected chi connectivity index (χ0v) is 9.82. The Morgan fingerprint density at radius 1 is 1.39 bits per heavy atom. The van der Waals surface area contributed by atoms with Gasteiger partial charge in [-0.05, 0) is 11.1 Å². The third kappa shape index (κ3) is 2.08. The zero-order valence-electron chi connectivity index (χ0n) is 9.82. The molecule has 2 rings (SSSR count). The molecule has 1 unspecified atom stereocenters. The molecule has 0 aromatic heterocycles. The molecule has 5 heteroatoms. The Labute approximate surface area is 105 Å². The van der Waals surface area contributed by atoms with Crippen molar-refractivity contribution in [3.63, 3.8) is 0 Å². The number of benzene rings is 1. The molecule has 0 fully saturated rings. The minimum Gasteiger partial charge on any atom is -0.395 e. The molecule has 18 heavy (non-hydrogen) atoms. The van der Waals surface area contributed by atoms with Gasteiger partial charge in [0.25, 0.3) is 0 Å². The van der Waals surface area contributed by atoms with Gasteiger partial charge in [0.15, 0.2) is 6.29 Å².